The molecular weight excluding hydrogens is 226 g/mol. The minimum absolute atomic E-state index is 0. The van der Waals surface area contributed by atoms with E-state index in [1.807, 2.05) is 0 Å². The molecule has 0 aliphatic heterocycles. The van der Waals surface area contributed by atoms with E-state index in [1.165, 1.54) is 0 Å². The van der Waals surface area contributed by atoms with Crippen molar-refractivity contribution >= 4 is 36.2 Å². The zero-order chi connectivity index (χ0) is 13.5. The van der Waals surface area contributed by atoms with Gasteiger partial charge in [0.15, 0.2) is 0 Å². The Morgan fingerprint density at radius 1 is 0.471 bits per heavy atom. The van der Waals surface area contributed by atoms with Gasteiger partial charge in [0.2, 0.25) is 0 Å². The average Bonchev–Trinajstić information content (AvgIpc) is 1.41. The molecule has 3 nitrogen and oxygen atoms in total. The molecule has 0 aromatic rings. The summed E-state index contributed by atoms with van der Waals surface area (Å²) in [6.07, 6.45) is 0. The Labute approximate surface area is 130 Å². The van der Waals surface area contributed by atoms with Crippen LogP contribution in [0.5, 0.6) is 0 Å². The molecule has 0 spiro atoms. The molecule has 3 radical (unpaired) electrons. The van der Waals surface area contributed by atoms with Gasteiger partial charge in [0.1, 0.15) is 0 Å². The molecule has 101 valence electrons. The Hall–Kier alpha value is 1.01. The summed E-state index contributed by atoms with van der Waals surface area (Å²) >= 11 is 0. The summed E-state index contributed by atoms with van der Waals surface area (Å²) in [7, 11) is 0. The van der Waals surface area contributed by atoms with Gasteiger partial charge in [0.05, 0.1) is 34.2 Å². The smallest absolute Gasteiger partial charge is 0.0854 e. The molecular formula is C12H31AlLiO3. The Morgan fingerprint density at radius 2 is 0.471 bits per heavy atom. The molecule has 17 heavy (non-hydrogen) atoms. The van der Waals surface area contributed by atoms with Crippen LogP contribution in [0.15, 0.2) is 0 Å². The zero-order valence-corrected chi connectivity index (χ0v) is 15.0. The molecule has 0 fully saturated rings. The van der Waals surface area contributed by atoms with Gasteiger partial charge < -0.3 is 15.3 Å². The summed E-state index contributed by atoms with van der Waals surface area (Å²) < 4.78 is 0. The van der Waals surface area contributed by atoms with Gasteiger partial charge in [0, 0.05) is 18.9 Å². The number of hydrogen-bond donors (Lipinski definition) is 3. The largest absolute Gasteiger partial charge is 0.391 e. The molecule has 0 aromatic carbocycles. The molecule has 0 heterocycles. The summed E-state index contributed by atoms with van der Waals surface area (Å²) in [6, 6.07) is 0. The van der Waals surface area contributed by atoms with Crippen molar-refractivity contribution in [2.24, 2.45) is 0 Å². The number of aliphatic hydroxyl groups is 3. The van der Waals surface area contributed by atoms with Crippen molar-refractivity contribution in [1.29, 1.82) is 0 Å². The van der Waals surface area contributed by atoms with Gasteiger partial charge in [-0.1, -0.05) is 0 Å². The second kappa shape index (κ2) is 12.1. The molecule has 0 saturated heterocycles. The summed E-state index contributed by atoms with van der Waals surface area (Å²) in [5.41, 5.74) is -1.50. The van der Waals surface area contributed by atoms with Crippen molar-refractivity contribution in [3.05, 3.63) is 0 Å². The quantitative estimate of drug-likeness (QED) is 0.573. The molecule has 0 aromatic heterocycles. The minimum Gasteiger partial charge on any atom is -0.391 e. The van der Waals surface area contributed by atoms with Crippen molar-refractivity contribution in [2.75, 3.05) is 0 Å². The predicted molar refractivity (Wildman–Crippen MR) is 78.8 cm³/mol. The van der Waals surface area contributed by atoms with Crippen LogP contribution >= 0.6 is 0 Å². The first-order valence-electron chi connectivity index (χ1n) is 5.17. The van der Waals surface area contributed by atoms with E-state index >= 15 is 0 Å². The molecule has 0 aliphatic rings. The van der Waals surface area contributed by atoms with Crippen LogP contribution in [0.2, 0.25) is 0 Å². The van der Waals surface area contributed by atoms with Crippen LogP contribution in [0.1, 0.15) is 62.3 Å². The van der Waals surface area contributed by atoms with Crippen molar-refractivity contribution < 1.29 is 15.3 Å². The Kier molecular flexibility index (Phi) is 21.8. The van der Waals surface area contributed by atoms with E-state index in [4.69, 9.17) is 15.3 Å². The number of rotatable bonds is 0. The summed E-state index contributed by atoms with van der Waals surface area (Å²) in [5.74, 6) is 0. The van der Waals surface area contributed by atoms with E-state index < -0.39 is 16.8 Å². The van der Waals surface area contributed by atoms with Crippen LogP contribution in [0.4, 0.5) is 0 Å². The SMILES string of the molecule is CC(C)(C)O.CC(C)(C)O.CC(C)(C)O.[AlH].[Li]. The summed E-state index contributed by atoms with van der Waals surface area (Å²) in [6.45, 7) is 15.7. The van der Waals surface area contributed by atoms with Gasteiger partial charge in [-0.2, -0.15) is 0 Å². The minimum atomic E-state index is -0.500. The second-order valence-corrected chi connectivity index (χ2v) is 6.51. The maximum absolute atomic E-state index is 8.52. The van der Waals surface area contributed by atoms with E-state index in [-0.39, 0.29) is 36.2 Å². The predicted octanol–water partition coefficient (Wildman–Crippen LogP) is 1.30. The molecule has 0 aliphatic carbocycles. The van der Waals surface area contributed by atoms with Crippen LogP contribution in [-0.4, -0.2) is 68.3 Å². The third-order valence-corrected chi connectivity index (χ3v) is 0. The van der Waals surface area contributed by atoms with Gasteiger partial charge in [-0.15, -0.1) is 0 Å². The van der Waals surface area contributed by atoms with Crippen LogP contribution < -0.4 is 0 Å². The molecule has 0 rings (SSSR count). The molecule has 0 saturated carbocycles. The standard InChI is InChI=1S/3C4H10O.Al.Li.H/c3*1-4(2,3)5;;;/h3*5H,1-3H3;;;. The van der Waals surface area contributed by atoms with Gasteiger partial charge in [-0.3, -0.25) is 0 Å². The molecule has 3 N–H and O–H groups in total. The Balaban J connectivity index is -0.0000000400. The topological polar surface area (TPSA) is 60.7 Å². The first kappa shape index (κ1) is 30.8. The van der Waals surface area contributed by atoms with Gasteiger partial charge in [-0.05, 0) is 62.3 Å². The number of hydrogen-bond acceptors (Lipinski definition) is 3. The van der Waals surface area contributed by atoms with Crippen LogP contribution in [-0.2, 0) is 0 Å². The van der Waals surface area contributed by atoms with E-state index in [0.29, 0.717) is 0 Å². The second-order valence-electron chi connectivity index (χ2n) is 6.51. The Morgan fingerprint density at radius 3 is 0.471 bits per heavy atom. The first-order chi connectivity index (χ1) is 6.00. The van der Waals surface area contributed by atoms with Crippen LogP contribution in [0, 0.1) is 0 Å². The first-order valence-corrected chi connectivity index (χ1v) is 5.17. The summed E-state index contributed by atoms with van der Waals surface area (Å²) in [4.78, 5) is 0. The third kappa shape index (κ3) is 3760. The summed E-state index contributed by atoms with van der Waals surface area (Å²) in [5, 5.41) is 25.6. The molecule has 0 bridgehead atoms. The fraction of sp³-hybridized carbons (Fsp3) is 1.00. The van der Waals surface area contributed by atoms with Crippen LogP contribution in [0.25, 0.3) is 0 Å². The van der Waals surface area contributed by atoms with Crippen molar-refractivity contribution in [3.63, 3.8) is 0 Å². The van der Waals surface area contributed by atoms with E-state index in [9.17, 15) is 0 Å². The molecule has 0 unspecified atom stereocenters. The van der Waals surface area contributed by atoms with Crippen molar-refractivity contribution in [1.82, 2.24) is 0 Å². The third-order valence-electron chi connectivity index (χ3n) is 0. The average molecular weight is 257 g/mol. The van der Waals surface area contributed by atoms with E-state index in [1.54, 1.807) is 62.3 Å². The van der Waals surface area contributed by atoms with Gasteiger partial charge in [-0.25, -0.2) is 0 Å². The zero-order valence-electron chi connectivity index (χ0n) is 13.5. The van der Waals surface area contributed by atoms with E-state index in [0.717, 1.165) is 0 Å². The normalized spacial score (nSPS) is 10.6. The molecule has 0 amide bonds. The van der Waals surface area contributed by atoms with Crippen molar-refractivity contribution in [2.45, 2.75) is 79.1 Å². The Bertz CT molecular complexity index is 96.8. The van der Waals surface area contributed by atoms with Crippen molar-refractivity contribution in [3.8, 4) is 0 Å². The fourth-order valence-corrected chi connectivity index (χ4v) is 0. The monoisotopic (exact) mass is 257 g/mol. The molecule has 0 atom stereocenters. The maximum Gasteiger partial charge on any atom is 0.0854 e. The van der Waals surface area contributed by atoms with Gasteiger partial charge in [0.25, 0.3) is 0 Å². The van der Waals surface area contributed by atoms with Crippen LogP contribution in [0.3, 0.4) is 0 Å². The maximum atomic E-state index is 8.52. The molecule has 5 heteroatoms. The van der Waals surface area contributed by atoms with Gasteiger partial charge >= 0.3 is 0 Å². The fourth-order valence-electron chi connectivity index (χ4n) is 0. The van der Waals surface area contributed by atoms with E-state index in [2.05, 4.69) is 0 Å².